The van der Waals surface area contributed by atoms with E-state index in [0.717, 1.165) is 0 Å². The highest BCUT2D eigenvalue weighted by Gasteiger charge is 2.47. The highest BCUT2D eigenvalue weighted by atomic mass is 16.6. The van der Waals surface area contributed by atoms with Crippen LogP contribution < -0.4 is 11.1 Å². The van der Waals surface area contributed by atoms with Crippen LogP contribution in [0.25, 0.3) is 0 Å². The Labute approximate surface area is 128 Å². The Kier molecular flexibility index (Phi) is 4.93. The van der Waals surface area contributed by atoms with Crippen LogP contribution in [0.1, 0.15) is 33.3 Å². The number of anilines is 1. The number of hydrogen-bond donors (Lipinski definition) is 3. The molecule has 0 aliphatic carbocycles. The molecule has 0 radical (unpaired) electrons. The maximum Gasteiger partial charge on any atom is 0.343 e. The standard InChI is InChI=1S/C15H20N2O5/c1-9(18)17-11-7-5-10(6-8-11)15(16,12(19)20)13(21)22-14(2,3)4/h5-8H,16H2,1-4H3,(H,17,18)(H,19,20). The van der Waals surface area contributed by atoms with Crippen LogP contribution in [0.2, 0.25) is 0 Å². The molecular formula is C15H20N2O5. The predicted octanol–water partition coefficient (Wildman–Crippen LogP) is 1.23. The monoisotopic (exact) mass is 308 g/mol. The van der Waals surface area contributed by atoms with Crippen molar-refractivity contribution in [3.8, 4) is 0 Å². The number of aliphatic carboxylic acids is 1. The van der Waals surface area contributed by atoms with Crippen molar-refractivity contribution in [3.63, 3.8) is 0 Å². The van der Waals surface area contributed by atoms with Crippen molar-refractivity contribution in [3.05, 3.63) is 29.8 Å². The van der Waals surface area contributed by atoms with E-state index in [1.165, 1.54) is 31.2 Å². The summed E-state index contributed by atoms with van der Waals surface area (Å²) in [7, 11) is 0. The van der Waals surface area contributed by atoms with Crippen molar-refractivity contribution in [2.24, 2.45) is 5.73 Å². The summed E-state index contributed by atoms with van der Waals surface area (Å²) in [6.07, 6.45) is 0. The smallest absolute Gasteiger partial charge is 0.343 e. The molecule has 0 saturated carbocycles. The summed E-state index contributed by atoms with van der Waals surface area (Å²) < 4.78 is 5.10. The number of esters is 1. The number of nitrogens with two attached hydrogens (primary N) is 1. The van der Waals surface area contributed by atoms with Gasteiger partial charge in [-0.25, -0.2) is 9.59 Å². The Hall–Kier alpha value is -2.41. The van der Waals surface area contributed by atoms with E-state index in [-0.39, 0.29) is 11.5 Å². The number of carboxylic acid groups (broad SMARTS) is 1. The van der Waals surface area contributed by atoms with Crippen molar-refractivity contribution in [2.75, 3.05) is 5.32 Å². The lowest BCUT2D eigenvalue weighted by Crippen LogP contribution is -2.54. The van der Waals surface area contributed by atoms with Gasteiger partial charge in [0, 0.05) is 12.6 Å². The molecule has 1 aromatic carbocycles. The minimum absolute atomic E-state index is 0.0587. The van der Waals surface area contributed by atoms with Gasteiger partial charge in [0.1, 0.15) is 5.60 Å². The molecular weight excluding hydrogens is 288 g/mol. The van der Waals surface area contributed by atoms with Crippen LogP contribution in [-0.4, -0.2) is 28.6 Å². The number of carboxylic acids is 1. The van der Waals surface area contributed by atoms with Gasteiger partial charge in [0.25, 0.3) is 0 Å². The Morgan fingerprint density at radius 1 is 1.14 bits per heavy atom. The Balaban J connectivity index is 3.17. The van der Waals surface area contributed by atoms with Crippen molar-refractivity contribution in [1.82, 2.24) is 0 Å². The maximum atomic E-state index is 12.2. The van der Waals surface area contributed by atoms with E-state index in [4.69, 9.17) is 10.5 Å². The highest BCUT2D eigenvalue weighted by molar-refractivity contribution is 6.05. The number of carbonyl (C=O) groups is 3. The molecule has 7 nitrogen and oxygen atoms in total. The second kappa shape index (κ2) is 6.15. The SMILES string of the molecule is CC(=O)Nc1ccc(C(N)(C(=O)O)C(=O)OC(C)(C)C)cc1. The fraction of sp³-hybridized carbons (Fsp3) is 0.400. The molecule has 0 aromatic heterocycles. The molecule has 0 saturated heterocycles. The van der Waals surface area contributed by atoms with E-state index in [1.807, 2.05) is 0 Å². The van der Waals surface area contributed by atoms with E-state index < -0.39 is 23.1 Å². The third-order valence-corrected chi connectivity index (χ3v) is 2.72. The summed E-state index contributed by atoms with van der Waals surface area (Å²) in [6.45, 7) is 6.20. The van der Waals surface area contributed by atoms with Gasteiger partial charge in [-0.3, -0.25) is 4.79 Å². The lowest BCUT2D eigenvalue weighted by atomic mass is 9.90. The fourth-order valence-corrected chi connectivity index (χ4v) is 1.71. The number of hydrogen-bond acceptors (Lipinski definition) is 5. The normalized spacial score (nSPS) is 13.9. The van der Waals surface area contributed by atoms with Crippen LogP contribution in [0.4, 0.5) is 5.69 Å². The third-order valence-electron chi connectivity index (χ3n) is 2.72. The fourth-order valence-electron chi connectivity index (χ4n) is 1.71. The molecule has 1 aromatic rings. The van der Waals surface area contributed by atoms with Crippen LogP contribution in [0.5, 0.6) is 0 Å². The molecule has 1 rings (SSSR count). The molecule has 0 heterocycles. The highest BCUT2D eigenvalue weighted by Crippen LogP contribution is 2.25. The molecule has 0 aliphatic rings. The van der Waals surface area contributed by atoms with E-state index in [0.29, 0.717) is 5.69 Å². The first-order valence-corrected chi connectivity index (χ1v) is 6.60. The van der Waals surface area contributed by atoms with Crippen LogP contribution in [0.3, 0.4) is 0 Å². The van der Waals surface area contributed by atoms with Gasteiger partial charge in [0.2, 0.25) is 11.4 Å². The molecule has 4 N–H and O–H groups in total. The Bertz CT molecular complexity index is 589. The average molecular weight is 308 g/mol. The molecule has 1 unspecified atom stereocenters. The summed E-state index contributed by atoms with van der Waals surface area (Å²) in [5.41, 5.74) is 3.14. The van der Waals surface area contributed by atoms with Gasteiger partial charge < -0.3 is 20.9 Å². The number of nitrogens with one attached hydrogen (secondary N) is 1. The number of rotatable bonds is 4. The van der Waals surface area contributed by atoms with Crippen molar-refractivity contribution in [2.45, 2.75) is 38.8 Å². The predicted molar refractivity (Wildman–Crippen MR) is 80.1 cm³/mol. The van der Waals surface area contributed by atoms with E-state index in [2.05, 4.69) is 5.32 Å². The maximum absolute atomic E-state index is 12.2. The summed E-state index contributed by atoms with van der Waals surface area (Å²) in [5, 5.41) is 11.9. The summed E-state index contributed by atoms with van der Waals surface area (Å²) in [5.74, 6) is -2.84. The Morgan fingerprint density at radius 2 is 1.64 bits per heavy atom. The zero-order chi connectivity index (χ0) is 17.1. The first kappa shape index (κ1) is 17.6. The average Bonchev–Trinajstić information content (AvgIpc) is 2.35. The summed E-state index contributed by atoms with van der Waals surface area (Å²) >= 11 is 0. The first-order chi connectivity index (χ1) is 9.96. The van der Waals surface area contributed by atoms with Gasteiger partial charge in [-0.1, -0.05) is 12.1 Å². The summed E-state index contributed by atoms with van der Waals surface area (Å²) in [6, 6.07) is 5.66. The third kappa shape index (κ3) is 4.05. The molecule has 22 heavy (non-hydrogen) atoms. The molecule has 120 valence electrons. The lowest BCUT2D eigenvalue weighted by molar-refractivity contribution is -0.169. The van der Waals surface area contributed by atoms with Crippen molar-refractivity contribution in [1.29, 1.82) is 0 Å². The van der Waals surface area contributed by atoms with E-state index >= 15 is 0 Å². The van der Waals surface area contributed by atoms with E-state index in [9.17, 15) is 19.5 Å². The largest absolute Gasteiger partial charge is 0.479 e. The molecule has 7 heteroatoms. The summed E-state index contributed by atoms with van der Waals surface area (Å²) in [4.78, 5) is 34.7. The van der Waals surface area contributed by atoms with Crippen LogP contribution in [0.15, 0.2) is 24.3 Å². The van der Waals surface area contributed by atoms with Gasteiger partial charge in [-0.15, -0.1) is 0 Å². The molecule has 0 fully saturated rings. The number of benzene rings is 1. The first-order valence-electron chi connectivity index (χ1n) is 6.60. The molecule has 0 bridgehead atoms. The van der Waals surface area contributed by atoms with Crippen molar-refractivity contribution >= 4 is 23.5 Å². The van der Waals surface area contributed by atoms with Gasteiger partial charge in [0.05, 0.1) is 0 Å². The minimum Gasteiger partial charge on any atom is -0.479 e. The number of carbonyl (C=O) groups excluding carboxylic acids is 2. The van der Waals surface area contributed by atoms with Crippen LogP contribution in [0, 0.1) is 0 Å². The van der Waals surface area contributed by atoms with Gasteiger partial charge in [0.15, 0.2) is 0 Å². The number of ether oxygens (including phenoxy) is 1. The zero-order valence-corrected chi connectivity index (χ0v) is 13.0. The molecule has 1 atom stereocenters. The van der Waals surface area contributed by atoms with Crippen LogP contribution >= 0.6 is 0 Å². The number of amides is 1. The van der Waals surface area contributed by atoms with Crippen LogP contribution in [-0.2, 0) is 24.7 Å². The van der Waals surface area contributed by atoms with Crippen molar-refractivity contribution < 1.29 is 24.2 Å². The topological polar surface area (TPSA) is 119 Å². The lowest BCUT2D eigenvalue weighted by Gasteiger charge is -2.28. The minimum atomic E-state index is -2.32. The molecule has 1 amide bonds. The van der Waals surface area contributed by atoms with E-state index in [1.54, 1.807) is 20.8 Å². The zero-order valence-electron chi connectivity index (χ0n) is 13.0. The quantitative estimate of drug-likeness (QED) is 0.568. The van der Waals surface area contributed by atoms with Gasteiger partial charge >= 0.3 is 11.9 Å². The molecule has 0 spiro atoms. The Morgan fingerprint density at radius 3 is 2.00 bits per heavy atom. The van der Waals surface area contributed by atoms with Gasteiger partial charge in [-0.05, 0) is 38.5 Å². The second-order valence-corrected chi connectivity index (χ2v) is 5.87. The van der Waals surface area contributed by atoms with Gasteiger partial charge in [-0.2, -0.15) is 0 Å². The second-order valence-electron chi connectivity index (χ2n) is 5.87. The molecule has 0 aliphatic heterocycles.